The van der Waals surface area contributed by atoms with Crippen molar-refractivity contribution in [3.05, 3.63) is 0 Å². The van der Waals surface area contributed by atoms with Crippen molar-refractivity contribution in [3.8, 4) is 0 Å². The highest BCUT2D eigenvalue weighted by molar-refractivity contribution is 4.72. The van der Waals surface area contributed by atoms with Gasteiger partial charge in [0.05, 0.1) is 0 Å². The molecule has 0 unspecified atom stereocenters. The average Bonchev–Trinajstić information content (AvgIpc) is 2.29. The molecule has 2 aliphatic heterocycles. The molecule has 1 atom stereocenters. The molecule has 0 amide bonds. The van der Waals surface area contributed by atoms with Gasteiger partial charge in [-0.05, 0) is 70.7 Å². The lowest BCUT2D eigenvalue weighted by Crippen LogP contribution is -2.35. The molecule has 2 heteroatoms. The zero-order chi connectivity index (χ0) is 9.64. The Bertz CT molecular complexity index is 128. The fraction of sp³-hybridized carbons (Fsp3) is 1.00. The topological polar surface area (TPSA) is 15.3 Å². The van der Waals surface area contributed by atoms with Gasteiger partial charge >= 0.3 is 0 Å². The molecule has 14 heavy (non-hydrogen) atoms. The fourth-order valence-electron chi connectivity index (χ4n) is 2.72. The third kappa shape index (κ3) is 3.25. The summed E-state index contributed by atoms with van der Waals surface area (Å²) in [5.74, 6) is 0.964. The molecule has 0 bridgehead atoms. The Balaban J connectivity index is 1.60. The van der Waals surface area contributed by atoms with Crippen molar-refractivity contribution in [2.45, 2.75) is 38.5 Å². The Labute approximate surface area is 88.1 Å². The minimum atomic E-state index is 0.964. The first-order valence-corrected chi connectivity index (χ1v) is 6.38. The van der Waals surface area contributed by atoms with E-state index in [0.29, 0.717) is 0 Å². The third-order valence-electron chi connectivity index (χ3n) is 3.70. The van der Waals surface area contributed by atoms with Crippen molar-refractivity contribution in [1.29, 1.82) is 0 Å². The number of nitrogens with zero attached hydrogens (tertiary/aromatic N) is 1. The van der Waals surface area contributed by atoms with Crippen LogP contribution in [0.25, 0.3) is 0 Å². The number of likely N-dealkylation sites (tertiary alicyclic amines) is 1. The summed E-state index contributed by atoms with van der Waals surface area (Å²) in [6, 6.07) is 0. The maximum Gasteiger partial charge on any atom is -0.00156 e. The Morgan fingerprint density at radius 1 is 1.07 bits per heavy atom. The van der Waals surface area contributed by atoms with E-state index in [0.717, 1.165) is 5.92 Å². The first-order valence-electron chi connectivity index (χ1n) is 6.38. The zero-order valence-corrected chi connectivity index (χ0v) is 9.30. The van der Waals surface area contributed by atoms with Gasteiger partial charge in [-0.1, -0.05) is 6.42 Å². The molecular formula is C12H24N2. The minimum Gasteiger partial charge on any atom is -0.316 e. The number of nitrogens with one attached hydrogen (secondary N) is 1. The second kappa shape index (κ2) is 5.72. The van der Waals surface area contributed by atoms with Gasteiger partial charge in [0.25, 0.3) is 0 Å². The number of hydrogen-bond donors (Lipinski definition) is 1. The lowest BCUT2D eigenvalue weighted by Gasteiger charge is -2.29. The van der Waals surface area contributed by atoms with Gasteiger partial charge in [0.2, 0.25) is 0 Å². The average molecular weight is 196 g/mol. The molecule has 0 aromatic carbocycles. The molecule has 0 aromatic rings. The van der Waals surface area contributed by atoms with Crippen molar-refractivity contribution < 1.29 is 0 Å². The molecule has 2 nitrogen and oxygen atoms in total. The van der Waals surface area contributed by atoms with Crippen LogP contribution in [0.5, 0.6) is 0 Å². The number of rotatable bonds is 3. The van der Waals surface area contributed by atoms with E-state index in [4.69, 9.17) is 0 Å². The number of hydrogen-bond acceptors (Lipinski definition) is 2. The highest BCUT2D eigenvalue weighted by atomic mass is 15.1. The van der Waals surface area contributed by atoms with Crippen molar-refractivity contribution in [2.24, 2.45) is 5.92 Å². The van der Waals surface area contributed by atoms with Crippen LogP contribution in [0.15, 0.2) is 0 Å². The molecular weight excluding hydrogens is 172 g/mol. The van der Waals surface area contributed by atoms with E-state index in [-0.39, 0.29) is 0 Å². The van der Waals surface area contributed by atoms with Gasteiger partial charge < -0.3 is 10.2 Å². The minimum absolute atomic E-state index is 0.964. The highest BCUT2D eigenvalue weighted by Gasteiger charge is 2.15. The molecule has 0 saturated carbocycles. The summed E-state index contributed by atoms with van der Waals surface area (Å²) in [5.41, 5.74) is 0. The monoisotopic (exact) mass is 196 g/mol. The van der Waals surface area contributed by atoms with Gasteiger partial charge in [-0.15, -0.1) is 0 Å². The zero-order valence-electron chi connectivity index (χ0n) is 9.30. The first kappa shape index (κ1) is 10.4. The van der Waals surface area contributed by atoms with Gasteiger partial charge in [-0.3, -0.25) is 0 Å². The van der Waals surface area contributed by atoms with Crippen LogP contribution in [0.1, 0.15) is 38.5 Å². The Morgan fingerprint density at radius 3 is 2.64 bits per heavy atom. The predicted molar refractivity (Wildman–Crippen MR) is 60.5 cm³/mol. The standard InChI is InChI=1S/C12H24N2/c1-2-8-14(9-3-1)10-6-12-5-4-7-13-11-12/h12-13H,1-11H2/t12-/m0/s1. The van der Waals surface area contributed by atoms with Crippen LogP contribution < -0.4 is 5.32 Å². The van der Waals surface area contributed by atoms with Gasteiger partial charge in [0.1, 0.15) is 0 Å². The second-order valence-corrected chi connectivity index (χ2v) is 4.90. The number of piperidine rings is 2. The summed E-state index contributed by atoms with van der Waals surface area (Å²) < 4.78 is 0. The van der Waals surface area contributed by atoms with E-state index in [1.165, 1.54) is 71.2 Å². The summed E-state index contributed by atoms with van der Waals surface area (Å²) in [6.07, 6.45) is 8.60. The highest BCUT2D eigenvalue weighted by Crippen LogP contribution is 2.16. The van der Waals surface area contributed by atoms with Gasteiger partial charge in [-0.2, -0.15) is 0 Å². The normalized spacial score (nSPS) is 30.4. The first-order chi connectivity index (χ1) is 6.95. The van der Waals surface area contributed by atoms with Crippen LogP contribution in [0.2, 0.25) is 0 Å². The van der Waals surface area contributed by atoms with Gasteiger partial charge in [0, 0.05) is 0 Å². The van der Waals surface area contributed by atoms with E-state index in [1.807, 2.05) is 0 Å². The molecule has 2 heterocycles. The summed E-state index contributed by atoms with van der Waals surface area (Å²) in [4.78, 5) is 2.66. The van der Waals surface area contributed by atoms with Crippen LogP contribution >= 0.6 is 0 Å². The van der Waals surface area contributed by atoms with Crippen molar-refractivity contribution in [3.63, 3.8) is 0 Å². The molecule has 2 rings (SSSR count). The maximum atomic E-state index is 3.50. The van der Waals surface area contributed by atoms with Gasteiger partial charge in [0.15, 0.2) is 0 Å². The van der Waals surface area contributed by atoms with E-state index in [1.54, 1.807) is 0 Å². The molecule has 0 radical (unpaired) electrons. The summed E-state index contributed by atoms with van der Waals surface area (Å²) >= 11 is 0. The molecule has 0 aliphatic carbocycles. The molecule has 1 N–H and O–H groups in total. The van der Waals surface area contributed by atoms with Crippen LogP contribution in [-0.4, -0.2) is 37.6 Å². The third-order valence-corrected chi connectivity index (χ3v) is 3.70. The molecule has 82 valence electrons. The quantitative estimate of drug-likeness (QED) is 0.741. The summed E-state index contributed by atoms with van der Waals surface area (Å²) in [5, 5.41) is 3.50. The Kier molecular flexibility index (Phi) is 4.26. The summed E-state index contributed by atoms with van der Waals surface area (Å²) in [7, 11) is 0. The van der Waals surface area contributed by atoms with Gasteiger partial charge in [-0.25, -0.2) is 0 Å². The fourth-order valence-corrected chi connectivity index (χ4v) is 2.72. The second-order valence-electron chi connectivity index (χ2n) is 4.90. The van der Waals surface area contributed by atoms with Crippen molar-refractivity contribution in [2.75, 3.05) is 32.7 Å². The van der Waals surface area contributed by atoms with E-state index >= 15 is 0 Å². The van der Waals surface area contributed by atoms with E-state index in [2.05, 4.69) is 10.2 Å². The van der Waals surface area contributed by atoms with Crippen LogP contribution in [0.4, 0.5) is 0 Å². The molecule has 2 aliphatic rings. The van der Waals surface area contributed by atoms with Crippen molar-refractivity contribution >= 4 is 0 Å². The Hall–Kier alpha value is -0.0800. The maximum absolute atomic E-state index is 3.50. The molecule has 0 spiro atoms. The lowest BCUT2D eigenvalue weighted by molar-refractivity contribution is 0.204. The molecule has 2 saturated heterocycles. The molecule has 2 fully saturated rings. The van der Waals surface area contributed by atoms with E-state index < -0.39 is 0 Å². The largest absolute Gasteiger partial charge is 0.316 e. The van der Waals surface area contributed by atoms with E-state index in [9.17, 15) is 0 Å². The smallest absolute Gasteiger partial charge is 0.00156 e. The Morgan fingerprint density at radius 2 is 1.93 bits per heavy atom. The van der Waals surface area contributed by atoms with Crippen LogP contribution in [-0.2, 0) is 0 Å². The predicted octanol–water partition coefficient (Wildman–Crippen LogP) is 1.86. The summed E-state index contributed by atoms with van der Waals surface area (Å²) in [6.45, 7) is 6.60. The van der Waals surface area contributed by atoms with Crippen molar-refractivity contribution in [1.82, 2.24) is 10.2 Å². The lowest BCUT2D eigenvalue weighted by atomic mass is 9.95. The molecule has 0 aromatic heterocycles. The SMILES string of the molecule is C1CCN(CC[C@@H]2CCCNC2)CC1. The van der Waals surface area contributed by atoms with Crippen LogP contribution in [0, 0.1) is 5.92 Å². The van der Waals surface area contributed by atoms with Crippen LogP contribution in [0.3, 0.4) is 0 Å².